The van der Waals surface area contributed by atoms with Crippen molar-refractivity contribution in [2.75, 3.05) is 0 Å². The first-order chi connectivity index (χ1) is 7.90. The van der Waals surface area contributed by atoms with Crippen molar-refractivity contribution in [3.63, 3.8) is 0 Å². The highest BCUT2D eigenvalue weighted by molar-refractivity contribution is 9.09. The van der Waals surface area contributed by atoms with Crippen LogP contribution in [0.25, 0.3) is 0 Å². The topological polar surface area (TPSA) is 0 Å². The van der Waals surface area contributed by atoms with E-state index in [0.717, 1.165) is 0 Å². The van der Waals surface area contributed by atoms with Gasteiger partial charge >= 0.3 is 0 Å². The Morgan fingerprint density at radius 1 is 1.06 bits per heavy atom. The van der Waals surface area contributed by atoms with Crippen molar-refractivity contribution in [2.24, 2.45) is 5.92 Å². The predicted molar refractivity (Wildman–Crippen MR) is 81.1 cm³/mol. The number of alkyl halides is 1. The number of hydrogen-bond acceptors (Lipinski definition) is 0. The lowest BCUT2D eigenvalue weighted by atomic mass is 9.87. The molecular formula is C16H25Br. The van der Waals surface area contributed by atoms with Crippen LogP contribution in [0.1, 0.15) is 59.3 Å². The zero-order chi connectivity index (χ0) is 13.2. The zero-order valence-corrected chi connectivity index (χ0v) is 13.6. The number of benzene rings is 1. The zero-order valence-electron chi connectivity index (χ0n) is 12.0. The molecule has 0 heterocycles. The molecule has 1 rings (SSSR count). The molecule has 1 aromatic carbocycles. The highest BCUT2D eigenvalue weighted by Gasteiger charge is 2.20. The van der Waals surface area contributed by atoms with Gasteiger partial charge in [-0.15, -0.1) is 0 Å². The number of hydrogen-bond donors (Lipinski definition) is 0. The third-order valence-corrected chi connectivity index (χ3v) is 5.30. The Morgan fingerprint density at radius 2 is 1.53 bits per heavy atom. The molecular weight excluding hydrogens is 272 g/mol. The average Bonchev–Trinajstić information content (AvgIpc) is 2.27. The second-order valence-corrected chi connectivity index (χ2v) is 6.33. The average molecular weight is 297 g/mol. The van der Waals surface area contributed by atoms with Gasteiger partial charge in [0.2, 0.25) is 0 Å². The maximum atomic E-state index is 3.92. The van der Waals surface area contributed by atoms with Gasteiger partial charge < -0.3 is 0 Å². The lowest BCUT2D eigenvalue weighted by molar-refractivity contribution is 0.516. The predicted octanol–water partition coefficient (Wildman–Crippen LogP) is 5.79. The molecule has 0 aliphatic carbocycles. The van der Waals surface area contributed by atoms with Crippen LogP contribution in [0.3, 0.4) is 0 Å². The summed E-state index contributed by atoms with van der Waals surface area (Å²) < 4.78 is 0. The summed E-state index contributed by atoms with van der Waals surface area (Å²) >= 11 is 3.92. The largest absolute Gasteiger partial charge is 0.0836 e. The standard InChI is InChI=1S/C16H25Br/c1-7-8-10(2)16(17)15-13(5)11(3)9-12(4)14(15)6/h9-10,16H,7-8H2,1-6H3. The molecule has 0 nitrogen and oxygen atoms in total. The van der Waals surface area contributed by atoms with Crippen LogP contribution in [0.5, 0.6) is 0 Å². The van der Waals surface area contributed by atoms with Gasteiger partial charge in [-0.05, 0) is 67.9 Å². The summed E-state index contributed by atoms with van der Waals surface area (Å²) in [5.41, 5.74) is 7.26. The van der Waals surface area contributed by atoms with Gasteiger partial charge in [0, 0.05) is 4.83 Å². The van der Waals surface area contributed by atoms with Crippen molar-refractivity contribution < 1.29 is 0 Å². The number of aryl methyl sites for hydroxylation is 2. The van der Waals surface area contributed by atoms with Gasteiger partial charge in [-0.1, -0.05) is 42.3 Å². The fourth-order valence-electron chi connectivity index (χ4n) is 2.55. The van der Waals surface area contributed by atoms with Crippen molar-refractivity contribution in [3.05, 3.63) is 33.9 Å². The minimum Gasteiger partial charge on any atom is -0.0836 e. The molecule has 0 saturated heterocycles. The van der Waals surface area contributed by atoms with Gasteiger partial charge in [-0.25, -0.2) is 0 Å². The highest BCUT2D eigenvalue weighted by Crippen LogP contribution is 2.39. The molecule has 1 heteroatoms. The van der Waals surface area contributed by atoms with E-state index in [-0.39, 0.29) is 0 Å². The van der Waals surface area contributed by atoms with Gasteiger partial charge in [0.1, 0.15) is 0 Å². The fraction of sp³-hybridized carbons (Fsp3) is 0.625. The highest BCUT2D eigenvalue weighted by atomic mass is 79.9. The molecule has 0 fully saturated rings. The van der Waals surface area contributed by atoms with Crippen LogP contribution in [0, 0.1) is 33.6 Å². The molecule has 0 amide bonds. The first-order valence-electron chi connectivity index (χ1n) is 6.61. The first-order valence-corrected chi connectivity index (χ1v) is 7.53. The molecule has 0 N–H and O–H groups in total. The van der Waals surface area contributed by atoms with E-state index in [4.69, 9.17) is 0 Å². The van der Waals surface area contributed by atoms with Crippen LogP contribution in [-0.2, 0) is 0 Å². The summed E-state index contributed by atoms with van der Waals surface area (Å²) in [5.74, 6) is 0.693. The van der Waals surface area contributed by atoms with Crippen molar-refractivity contribution in [1.82, 2.24) is 0 Å². The third-order valence-electron chi connectivity index (χ3n) is 3.94. The van der Waals surface area contributed by atoms with Gasteiger partial charge in [0.15, 0.2) is 0 Å². The molecule has 0 aliphatic rings. The summed E-state index contributed by atoms with van der Waals surface area (Å²) in [7, 11) is 0. The van der Waals surface area contributed by atoms with Crippen molar-refractivity contribution in [1.29, 1.82) is 0 Å². The van der Waals surface area contributed by atoms with Crippen LogP contribution < -0.4 is 0 Å². The molecule has 0 spiro atoms. The van der Waals surface area contributed by atoms with Crippen molar-refractivity contribution in [3.8, 4) is 0 Å². The van der Waals surface area contributed by atoms with Crippen LogP contribution in [0.4, 0.5) is 0 Å². The Balaban J connectivity index is 3.20. The fourth-order valence-corrected chi connectivity index (χ4v) is 3.50. The van der Waals surface area contributed by atoms with E-state index >= 15 is 0 Å². The van der Waals surface area contributed by atoms with Crippen LogP contribution >= 0.6 is 15.9 Å². The van der Waals surface area contributed by atoms with Crippen LogP contribution in [0.2, 0.25) is 0 Å². The van der Waals surface area contributed by atoms with Gasteiger partial charge in [0.25, 0.3) is 0 Å². The Labute approximate surface area is 115 Å². The van der Waals surface area contributed by atoms with E-state index in [9.17, 15) is 0 Å². The van der Waals surface area contributed by atoms with E-state index in [2.05, 4.69) is 63.5 Å². The molecule has 0 radical (unpaired) electrons. The summed E-state index contributed by atoms with van der Waals surface area (Å²) in [6.45, 7) is 13.6. The normalized spacial score (nSPS) is 14.8. The van der Waals surface area contributed by atoms with E-state index in [1.807, 2.05) is 0 Å². The second-order valence-electron chi connectivity index (χ2n) is 5.34. The number of halogens is 1. The molecule has 17 heavy (non-hydrogen) atoms. The maximum absolute atomic E-state index is 3.92. The van der Waals surface area contributed by atoms with Gasteiger partial charge in [-0.2, -0.15) is 0 Å². The lowest BCUT2D eigenvalue weighted by Gasteiger charge is -2.24. The molecule has 0 saturated carbocycles. The third kappa shape index (κ3) is 3.13. The number of rotatable bonds is 4. The minimum atomic E-state index is 0.487. The summed E-state index contributed by atoms with van der Waals surface area (Å²) in [6.07, 6.45) is 2.54. The molecule has 2 atom stereocenters. The molecule has 1 aromatic rings. The van der Waals surface area contributed by atoms with E-state index in [0.29, 0.717) is 10.7 Å². The Morgan fingerprint density at radius 3 is 1.94 bits per heavy atom. The maximum Gasteiger partial charge on any atom is 0.0426 e. The molecule has 0 aliphatic heterocycles. The van der Waals surface area contributed by atoms with E-state index < -0.39 is 0 Å². The molecule has 0 aromatic heterocycles. The van der Waals surface area contributed by atoms with Gasteiger partial charge in [0.05, 0.1) is 0 Å². The summed E-state index contributed by atoms with van der Waals surface area (Å²) in [4.78, 5) is 0.487. The Kier molecular flexibility index (Phi) is 5.24. The Bertz CT molecular complexity index is 367. The van der Waals surface area contributed by atoms with E-state index in [1.165, 1.54) is 40.7 Å². The summed E-state index contributed by atoms with van der Waals surface area (Å²) in [5, 5.41) is 0. The Hall–Kier alpha value is -0.300. The van der Waals surface area contributed by atoms with E-state index in [1.54, 1.807) is 0 Å². The van der Waals surface area contributed by atoms with Gasteiger partial charge in [-0.3, -0.25) is 0 Å². The second kappa shape index (κ2) is 6.04. The SMILES string of the molecule is CCCC(C)C(Br)c1c(C)c(C)cc(C)c1C. The lowest BCUT2D eigenvalue weighted by Crippen LogP contribution is -2.09. The first kappa shape index (κ1) is 14.8. The minimum absolute atomic E-state index is 0.487. The smallest absolute Gasteiger partial charge is 0.0426 e. The molecule has 0 bridgehead atoms. The molecule has 96 valence electrons. The monoisotopic (exact) mass is 296 g/mol. The summed E-state index contributed by atoms with van der Waals surface area (Å²) in [6, 6.07) is 2.30. The van der Waals surface area contributed by atoms with Crippen LogP contribution in [-0.4, -0.2) is 0 Å². The van der Waals surface area contributed by atoms with Crippen LogP contribution in [0.15, 0.2) is 6.07 Å². The van der Waals surface area contributed by atoms with Crippen molar-refractivity contribution in [2.45, 2.75) is 59.2 Å². The molecule has 2 unspecified atom stereocenters. The quantitative estimate of drug-likeness (QED) is 0.617. The van der Waals surface area contributed by atoms with Crippen molar-refractivity contribution >= 4 is 15.9 Å².